The van der Waals surface area contributed by atoms with Crippen molar-refractivity contribution in [3.63, 3.8) is 0 Å². The highest BCUT2D eigenvalue weighted by atomic mass is 35.5. The van der Waals surface area contributed by atoms with Gasteiger partial charge in [-0.1, -0.05) is 41.9 Å². The minimum absolute atomic E-state index is 0.0615. The number of rotatable bonds is 6. The minimum atomic E-state index is -0.0721. The van der Waals surface area contributed by atoms with E-state index in [1.165, 1.54) is 0 Å². The van der Waals surface area contributed by atoms with Crippen molar-refractivity contribution in [1.82, 2.24) is 15.2 Å². The number of nitrogen functional groups attached to an aromatic ring is 1. The van der Waals surface area contributed by atoms with Gasteiger partial charge in [0.25, 0.3) is 0 Å². The normalized spacial score (nSPS) is 12.3. The van der Waals surface area contributed by atoms with E-state index < -0.39 is 0 Å². The monoisotopic (exact) mass is 382 g/mol. The van der Waals surface area contributed by atoms with E-state index in [1.54, 1.807) is 0 Å². The summed E-state index contributed by atoms with van der Waals surface area (Å²) in [7, 11) is 3.97. The highest BCUT2D eigenvalue weighted by molar-refractivity contribution is 6.30. The molecule has 1 aromatic heterocycles. The van der Waals surface area contributed by atoms with Crippen LogP contribution >= 0.6 is 11.6 Å². The molecule has 0 aliphatic rings. The molecule has 1 unspecified atom stereocenters. The van der Waals surface area contributed by atoms with E-state index in [0.29, 0.717) is 22.9 Å². The molecule has 3 aromatic rings. The standard InChI is InChI=1S/C21H23ClN4O/c1-26(2)19(14-6-9-16(22)10-7-14)13-24-20(27)12-17-11-8-15-4-3-5-18(23)21(15)25-17/h3-11,19H,12-13,23H2,1-2H3,(H,24,27). The molecule has 1 amide bonds. The third-order valence-corrected chi connectivity index (χ3v) is 4.77. The second-order valence-electron chi connectivity index (χ2n) is 6.73. The van der Waals surface area contributed by atoms with Gasteiger partial charge in [-0.15, -0.1) is 0 Å². The minimum Gasteiger partial charge on any atom is -0.397 e. The van der Waals surface area contributed by atoms with E-state index in [4.69, 9.17) is 17.3 Å². The van der Waals surface area contributed by atoms with Crippen molar-refractivity contribution in [3.05, 3.63) is 70.9 Å². The number of nitrogens with two attached hydrogens (primary N) is 1. The second kappa shape index (κ2) is 8.37. The fourth-order valence-electron chi connectivity index (χ4n) is 3.03. The summed E-state index contributed by atoms with van der Waals surface area (Å²) in [5, 5.41) is 4.67. The van der Waals surface area contributed by atoms with E-state index in [9.17, 15) is 4.79 Å². The highest BCUT2D eigenvalue weighted by Gasteiger charge is 2.16. The number of fused-ring (bicyclic) bond motifs is 1. The van der Waals surface area contributed by atoms with Crippen LogP contribution in [0.3, 0.4) is 0 Å². The van der Waals surface area contributed by atoms with Gasteiger partial charge in [-0.05, 0) is 43.9 Å². The van der Waals surface area contributed by atoms with Crippen LogP contribution in [0.1, 0.15) is 17.3 Å². The van der Waals surface area contributed by atoms with Gasteiger partial charge < -0.3 is 16.0 Å². The molecule has 0 spiro atoms. The summed E-state index contributed by atoms with van der Waals surface area (Å²) in [4.78, 5) is 19.0. The zero-order chi connectivity index (χ0) is 19.4. The molecular formula is C21H23ClN4O. The lowest BCUT2D eigenvalue weighted by atomic mass is 10.1. The molecule has 3 N–H and O–H groups in total. The number of amides is 1. The van der Waals surface area contributed by atoms with Gasteiger partial charge >= 0.3 is 0 Å². The Morgan fingerprint density at radius 3 is 2.59 bits per heavy atom. The number of nitrogens with one attached hydrogen (secondary N) is 1. The summed E-state index contributed by atoms with van der Waals surface area (Å²) < 4.78 is 0. The van der Waals surface area contributed by atoms with Crippen LogP contribution in [0.15, 0.2) is 54.6 Å². The van der Waals surface area contributed by atoms with Crippen molar-refractivity contribution in [2.75, 3.05) is 26.4 Å². The third kappa shape index (κ3) is 4.76. The summed E-state index contributed by atoms with van der Waals surface area (Å²) in [6, 6.07) is 17.2. The molecule has 0 fully saturated rings. The number of halogens is 1. The maximum absolute atomic E-state index is 12.4. The first-order chi connectivity index (χ1) is 12.9. The number of likely N-dealkylation sites (N-methyl/N-ethyl adjacent to an activating group) is 1. The molecule has 0 saturated heterocycles. The summed E-state index contributed by atoms with van der Waals surface area (Å²) >= 11 is 5.97. The Morgan fingerprint density at radius 1 is 1.15 bits per heavy atom. The van der Waals surface area contributed by atoms with Gasteiger partial charge in [-0.2, -0.15) is 0 Å². The van der Waals surface area contributed by atoms with Gasteiger partial charge in [-0.3, -0.25) is 9.78 Å². The van der Waals surface area contributed by atoms with Crippen LogP contribution in [0.5, 0.6) is 0 Å². The quantitative estimate of drug-likeness (QED) is 0.641. The van der Waals surface area contributed by atoms with Crippen LogP contribution in [0, 0.1) is 0 Å². The molecule has 2 aromatic carbocycles. The zero-order valence-electron chi connectivity index (χ0n) is 15.4. The number of hydrogen-bond donors (Lipinski definition) is 2. The topological polar surface area (TPSA) is 71.2 Å². The molecule has 0 radical (unpaired) electrons. The summed E-state index contributed by atoms with van der Waals surface area (Å²) in [6.07, 6.45) is 0.213. The van der Waals surface area contributed by atoms with E-state index in [1.807, 2.05) is 68.7 Å². The van der Waals surface area contributed by atoms with Crippen molar-refractivity contribution < 1.29 is 4.79 Å². The van der Waals surface area contributed by atoms with Gasteiger partial charge in [-0.25, -0.2) is 0 Å². The van der Waals surface area contributed by atoms with Gasteiger partial charge in [0.15, 0.2) is 0 Å². The lowest BCUT2D eigenvalue weighted by molar-refractivity contribution is -0.120. The van der Waals surface area contributed by atoms with Crippen LogP contribution < -0.4 is 11.1 Å². The second-order valence-corrected chi connectivity index (χ2v) is 7.17. The van der Waals surface area contributed by atoms with Gasteiger partial charge in [0, 0.05) is 17.0 Å². The smallest absolute Gasteiger partial charge is 0.226 e. The molecule has 27 heavy (non-hydrogen) atoms. The van der Waals surface area contributed by atoms with E-state index >= 15 is 0 Å². The summed E-state index contributed by atoms with van der Waals surface area (Å²) in [5.41, 5.74) is 9.13. The fourth-order valence-corrected chi connectivity index (χ4v) is 3.16. The van der Waals surface area contributed by atoms with E-state index in [0.717, 1.165) is 16.5 Å². The molecule has 0 aliphatic heterocycles. The van der Waals surface area contributed by atoms with Crippen LogP contribution in [0.4, 0.5) is 5.69 Å². The Hall–Kier alpha value is -2.63. The van der Waals surface area contributed by atoms with E-state index in [2.05, 4.69) is 15.2 Å². The first kappa shape index (κ1) is 19.1. The Morgan fingerprint density at radius 2 is 1.89 bits per heavy atom. The molecule has 0 bridgehead atoms. The van der Waals surface area contributed by atoms with Crippen LogP contribution in [-0.4, -0.2) is 36.4 Å². The highest BCUT2D eigenvalue weighted by Crippen LogP contribution is 2.21. The number of aromatic nitrogens is 1. The third-order valence-electron chi connectivity index (χ3n) is 4.52. The molecule has 6 heteroatoms. The Labute approximate surface area is 164 Å². The molecular weight excluding hydrogens is 360 g/mol. The fraction of sp³-hybridized carbons (Fsp3) is 0.238. The SMILES string of the molecule is CN(C)C(CNC(=O)Cc1ccc2cccc(N)c2n1)c1ccc(Cl)cc1. The van der Waals surface area contributed by atoms with Crippen molar-refractivity contribution >= 4 is 34.1 Å². The predicted molar refractivity (Wildman–Crippen MR) is 111 cm³/mol. The summed E-state index contributed by atoms with van der Waals surface area (Å²) in [6.45, 7) is 0.503. The predicted octanol–water partition coefficient (Wildman–Crippen LogP) is 3.43. The lowest BCUT2D eigenvalue weighted by Gasteiger charge is -2.25. The number of anilines is 1. The van der Waals surface area contributed by atoms with Crippen LogP contribution in [0.2, 0.25) is 5.02 Å². The number of carbonyl (C=O) groups is 1. The molecule has 0 aliphatic carbocycles. The first-order valence-electron chi connectivity index (χ1n) is 8.77. The lowest BCUT2D eigenvalue weighted by Crippen LogP contribution is -2.35. The van der Waals surface area contributed by atoms with Crippen LogP contribution in [-0.2, 0) is 11.2 Å². The number of pyridine rings is 1. The largest absolute Gasteiger partial charge is 0.397 e. The molecule has 140 valence electrons. The maximum atomic E-state index is 12.4. The van der Waals surface area contributed by atoms with Crippen LogP contribution in [0.25, 0.3) is 10.9 Å². The zero-order valence-corrected chi connectivity index (χ0v) is 16.2. The molecule has 1 heterocycles. The number of carbonyl (C=O) groups excluding carboxylic acids is 1. The van der Waals surface area contributed by atoms with Crippen molar-refractivity contribution in [2.45, 2.75) is 12.5 Å². The Bertz CT molecular complexity index is 941. The van der Waals surface area contributed by atoms with Gasteiger partial charge in [0.2, 0.25) is 5.91 Å². The average molecular weight is 383 g/mol. The Balaban J connectivity index is 1.66. The molecule has 1 atom stereocenters. The molecule has 0 saturated carbocycles. The Kier molecular flexibility index (Phi) is 5.94. The summed E-state index contributed by atoms with van der Waals surface area (Å²) in [5.74, 6) is -0.0721. The maximum Gasteiger partial charge on any atom is 0.226 e. The number of para-hydroxylation sites is 1. The number of benzene rings is 2. The van der Waals surface area contributed by atoms with Crippen molar-refractivity contribution in [3.8, 4) is 0 Å². The van der Waals surface area contributed by atoms with E-state index in [-0.39, 0.29) is 18.4 Å². The average Bonchev–Trinajstić information content (AvgIpc) is 2.64. The van der Waals surface area contributed by atoms with Crippen molar-refractivity contribution in [1.29, 1.82) is 0 Å². The van der Waals surface area contributed by atoms with Crippen molar-refractivity contribution in [2.24, 2.45) is 0 Å². The number of hydrogen-bond acceptors (Lipinski definition) is 4. The number of nitrogens with zero attached hydrogens (tertiary/aromatic N) is 2. The first-order valence-corrected chi connectivity index (χ1v) is 9.14. The van der Waals surface area contributed by atoms with Gasteiger partial charge in [0.1, 0.15) is 0 Å². The van der Waals surface area contributed by atoms with Gasteiger partial charge in [0.05, 0.1) is 29.4 Å². The molecule has 5 nitrogen and oxygen atoms in total. The molecule has 3 rings (SSSR count).